The van der Waals surface area contributed by atoms with Crippen molar-refractivity contribution in [2.45, 2.75) is 38.7 Å². The van der Waals surface area contributed by atoms with Crippen LogP contribution in [0.4, 0.5) is 0 Å². The van der Waals surface area contributed by atoms with Gasteiger partial charge in [-0.2, -0.15) is 0 Å². The maximum atomic E-state index is 11.0. The standard InChI is InChI=1S/C10H24BN3O/c1-7(2)4-8(13-3)6-14-9(5-11)10(12)15/h7-9,13-14H,4-6,11H2,1-3H3,(H2,12,15)/t8-,9?/m0/s1. The number of nitrogens with one attached hydrogen (secondary N) is 2. The number of primary amides is 1. The van der Waals surface area contributed by atoms with Gasteiger partial charge in [-0.05, 0) is 19.4 Å². The number of carbonyl (C=O) groups is 1. The van der Waals surface area contributed by atoms with Gasteiger partial charge < -0.3 is 16.4 Å². The molecule has 0 fully saturated rings. The van der Waals surface area contributed by atoms with Gasteiger partial charge in [0, 0.05) is 12.6 Å². The Labute approximate surface area is 93.8 Å². The first-order valence-electron chi connectivity index (χ1n) is 5.71. The molecular weight excluding hydrogens is 189 g/mol. The molecule has 0 rings (SSSR count). The molecule has 1 unspecified atom stereocenters. The molecule has 0 aromatic carbocycles. The predicted octanol–water partition coefficient (Wildman–Crippen LogP) is -0.885. The highest BCUT2D eigenvalue weighted by Gasteiger charge is 2.14. The van der Waals surface area contributed by atoms with Crippen LogP contribution in [-0.4, -0.2) is 39.4 Å². The van der Waals surface area contributed by atoms with Crippen LogP contribution < -0.4 is 16.4 Å². The number of hydrogen-bond donors (Lipinski definition) is 3. The average Bonchev–Trinajstić information content (AvgIpc) is 2.15. The van der Waals surface area contributed by atoms with Gasteiger partial charge in [-0.3, -0.25) is 4.79 Å². The minimum Gasteiger partial charge on any atom is -0.368 e. The zero-order valence-electron chi connectivity index (χ0n) is 10.3. The molecule has 5 heteroatoms. The molecule has 0 aliphatic heterocycles. The second-order valence-electron chi connectivity index (χ2n) is 4.39. The molecule has 0 saturated heterocycles. The number of rotatable bonds is 8. The second kappa shape index (κ2) is 7.71. The average molecular weight is 213 g/mol. The minimum atomic E-state index is -0.267. The summed E-state index contributed by atoms with van der Waals surface area (Å²) in [6.07, 6.45) is 1.84. The lowest BCUT2D eigenvalue weighted by Crippen LogP contribution is -2.47. The lowest BCUT2D eigenvalue weighted by atomic mass is 9.96. The third kappa shape index (κ3) is 6.52. The lowest BCUT2D eigenvalue weighted by molar-refractivity contribution is -0.119. The molecule has 88 valence electrons. The summed E-state index contributed by atoms with van der Waals surface area (Å²) in [5.74, 6) is 0.384. The first-order chi connectivity index (χ1) is 7.01. The van der Waals surface area contributed by atoms with Crippen molar-refractivity contribution in [2.24, 2.45) is 11.7 Å². The van der Waals surface area contributed by atoms with Crippen molar-refractivity contribution < 1.29 is 4.79 Å². The summed E-state index contributed by atoms with van der Waals surface area (Å²) in [4.78, 5) is 11.0. The van der Waals surface area contributed by atoms with Crippen LogP contribution in [0.2, 0.25) is 6.32 Å². The molecule has 4 nitrogen and oxygen atoms in total. The van der Waals surface area contributed by atoms with E-state index in [9.17, 15) is 4.79 Å². The van der Waals surface area contributed by atoms with Crippen molar-refractivity contribution in [1.82, 2.24) is 10.6 Å². The van der Waals surface area contributed by atoms with E-state index in [-0.39, 0.29) is 11.9 Å². The monoisotopic (exact) mass is 213 g/mol. The SMILES string of the molecule is BCC(NC[C@H](CC(C)C)NC)C(N)=O. The van der Waals surface area contributed by atoms with Crippen molar-refractivity contribution in [1.29, 1.82) is 0 Å². The molecule has 0 saturated carbocycles. The highest BCUT2D eigenvalue weighted by atomic mass is 16.1. The smallest absolute Gasteiger partial charge is 0.233 e. The van der Waals surface area contributed by atoms with Crippen LogP contribution in [0.15, 0.2) is 0 Å². The quantitative estimate of drug-likeness (QED) is 0.458. The summed E-state index contributed by atoms with van der Waals surface area (Å²) >= 11 is 0. The van der Waals surface area contributed by atoms with Gasteiger partial charge in [0.15, 0.2) is 0 Å². The number of hydrogen-bond acceptors (Lipinski definition) is 3. The minimum absolute atomic E-state index is 0.201. The number of nitrogens with two attached hydrogens (primary N) is 1. The van der Waals surface area contributed by atoms with Crippen LogP contribution in [0.3, 0.4) is 0 Å². The lowest BCUT2D eigenvalue weighted by Gasteiger charge is -2.21. The van der Waals surface area contributed by atoms with E-state index < -0.39 is 0 Å². The van der Waals surface area contributed by atoms with E-state index in [1.807, 2.05) is 14.9 Å². The third-order valence-electron chi connectivity index (χ3n) is 2.53. The van der Waals surface area contributed by atoms with Gasteiger partial charge in [0.2, 0.25) is 5.91 Å². The molecule has 0 heterocycles. The normalized spacial score (nSPS) is 15.2. The maximum Gasteiger partial charge on any atom is 0.233 e. The van der Waals surface area contributed by atoms with E-state index in [4.69, 9.17) is 5.73 Å². The van der Waals surface area contributed by atoms with Gasteiger partial charge in [0.25, 0.3) is 0 Å². The Morgan fingerprint density at radius 1 is 1.47 bits per heavy atom. The molecule has 0 radical (unpaired) electrons. The predicted molar refractivity (Wildman–Crippen MR) is 66.6 cm³/mol. The molecule has 4 N–H and O–H groups in total. The van der Waals surface area contributed by atoms with Crippen molar-refractivity contribution in [3.8, 4) is 0 Å². The Morgan fingerprint density at radius 2 is 2.07 bits per heavy atom. The fourth-order valence-corrected chi connectivity index (χ4v) is 1.60. The fraction of sp³-hybridized carbons (Fsp3) is 0.900. The van der Waals surface area contributed by atoms with Crippen LogP contribution in [0.5, 0.6) is 0 Å². The summed E-state index contributed by atoms with van der Waals surface area (Å²) in [6.45, 7) is 5.17. The van der Waals surface area contributed by atoms with E-state index in [0.717, 1.165) is 19.3 Å². The summed E-state index contributed by atoms with van der Waals surface area (Å²) in [5.41, 5.74) is 5.25. The maximum absolute atomic E-state index is 11.0. The fourth-order valence-electron chi connectivity index (χ4n) is 1.60. The molecule has 0 bridgehead atoms. The van der Waals surface area contributed by atoms with Crippen LogP contribution in [0.1, 0.15) is 20.3 Å². The summed E-state index contributed by atoms with van der Waals surface area (Å²) in [7, 11) is 3.90. The van der Waals surface area contributed by atoms with Gasteiger partial charge >= 0.3 is 0 Å². The molecule has 0 aliphatic carbocycles. The molecule has 0 aliphatic rings. The van der Waals surface area contributed by atoms with Gasteiger partial charge in [-0.1, -0.05) is 20.2 Å². The van der Waals surface area contributed by atoms with Crippen LogP contribution in [0.25, 0.3) is 0 Å². The molecular formula is C10H24BN3O. The van der Waals surface area contributed by atoms with Crippen LogP contribution in [-0.2, 0) is 4.79 Å². The highest BCUT2D eigenvalue weighted by molar-refractivity contribution is 6.11. The molecule has 1 amide bonds. The largest absolute Gasteiger partial charge is 0.368 e. The number of carbonyl (C=O) groups excluding carboxylic acids is 1. The third-order valence-corrected chi connectivity index (χ3v) is 2.53. The zero-order chi connectivity index (χ0) is 11.8. The summed E-state index contributed by atoms with van der Waals surface area (Å²) in [5, 5.41) is 6.43. The molecule has 2 atom stereocenters. The summed E-state index contributed by atoms with van der Waals surface area (Å²) in [6, 6.07) is 0.200. The first-order valence-corrected chi connectivity index (χ1v) is 5.71. The Kier molecular flexibility index (Phi) is 7.43. The van der Waals surface area contributed by atoms with Crippen LogP contribution in [0, 0.1) is 5.92 Å². The Hall–Kier alpha value is -0.545. The Bertz CT molecular complexity index is 188. The first kappa shape index (κ1) is 14.5. The molecule has 0 aromatic rings. The van der Waals surface area contributed by atoms with Crippen molar-refractivity contribution in [3.05, 3.63) is 0 Å². The highest BCUT2D eigenvalue weighted by Crippen LogP contribution is 2.03. The number of likely N-dealkylation sites (N-methyl/N-ethyl adjacent to an activating group) is 1. The summed E-state index contributed by atoms with van der Waals surface area (Å²) < 4.78 is 0. The zero-order valence-corrected chi connectivity index (χ0v) is 10.3. The van der Waals surface area contributed by atoms with Crippen molar-refractivity contribution in [2.75, 3.05) is 13.6 Å². The van der Waals surface area contributed by atoms with Gasteiger partial charge in [0.05, 0.1) is 6.04 Å². The van der Waals surface area contributed by atoms with E-state index in [2.05, 4.69) is 24.5 Å². The van der Waals surface area contributed by atoms with E-state index in [1.165, 1.54) is 0 Å². The van der Waals surface area contributed by atoms with Gasteiger partial charge in [-0.15, -0.1) is 0 Å². The Morgan fingerprint density at radius 3 is 2.40 bits per heavy atom. The topological polar surface area (TPSA) is 67.2 Å². The Balaban J connectivity index is 3.92. The molecule has 15 heavy (non-hydrogen) atoms. The van der Waals surface area contributed by atoms with Crippen molar-refractivity contribution >= 4 is 13.8 Å². The van der Waals surface area contributed by atoms with E-state index in [0.29, 0.717) is 12.0 Å². The van der Waals surface area contributed by atoms with E-state index >= 15 is 0 Å². The van der Waals surface area contributed by atoms with Crippen LogP contribution >= 0.6 is 0 Å². The van der Waals surface area contributed by atoms with Gasteiger partial charge in [-0.25, -0.2) is 0 Å². The molecule has 0 spiro atoms. The van der Waals surface area contributed by atoms with E-state index in [1.54, 1.807) is 0 Å². The molecule has 0 aromatic heterocycles. The van der Waals surface area contributed by atoms with Gasteiger partial charge in [0.1, 0.15) is 7.85 Å². The number of amides is 1. The van der Waals surface area contributed by atoms with Crippen molar-refractivity contribution in [3.63, 3.8) is 0 Å². The second-order valence-corrected chi connectivity index (χ2v) is 4.39.